The molecule has 1 atom stereocenters. The van der Waals surface area contributed by atoms with E-state index in [1.54, 1.807) is 6.07 Å². The average molecular weight is 554 g/mol. The Morgan fingerprint density at radius 1 is 1.03 bits per heavy atom. The van der Waals surface area contributed by atoms with Gasteiger partial charge >= 0.3 is 10.2 Å². The second kappa shape index (κ2) is 12.1. The minimum Gasteiger partial charge on any atom is -0.487 e. The first kappa shape index (κ1) is 27.1. The van der Waals surface area contributed by atoms with Crippen molar-refractivity contribution < 1.29 is 27.1 Å². The quantitative estimate of drug-likeness (QED) is 0.353. The smallest absolute Gasteiger partial charge is 0.326 e. The third-order valence-electron chi connectivity index (χ3n) is 6.99. The molecule has 8 nitrogen and oxygen atoms in total. The van der Waals surface area contributed by atoms with Crippen LogP contribution in [0.4, 0.5) is 10.1 Å². The highest BCUT2D eigenvalue weighted by molar-refractivity contribution is 7.92. The van der Waals surface area contributed by atoms with Gasteiger partial charge in [-0.15, -0.1) is 0 Å². The van der Waals surface area contributed by atoms with Crippen LogP contribution in [0, 0.1) is 11.7 Å². The number of aryl methyl sites for hydroxylation is 1. The summed E-state index contributed by atoms with van der Waals surface area (Å²) in [5.41, 5.74) is 3.05. The first-order chi connectivity index (χ1) is 18.9. The molecule has 206 valence electrons. The lowest BCUT2D eigenvalue weighted by molar-refractivity contribution is -0.117. The molecule has 2 aliphatic rings. The summed E-state index contributed by atoms with van der Waals surface area (Å²) in [6.07, 6.45) is 1.97. The SMILES string of the molecule is O=C1CN(c2c(OCc3ccccc3)cc3c(c2F)CC(CNCCOCc2ccccc2)CC3)S(=O)(=O)N1. The Labute approximate surface area is 228 Å². The van der Waals surface area contributed by atoms with Gasteiger partial charge in [-0.3, -0.25) is 4.79 Å². The van der Waals surface area contributed by atoms with E-state index in [1.165, 1.54) is 0 Å². The number of hydrogen-bond donors (Lipinski definition) is 2. The molecule has 0 spiro atoms. The molecule has 1 unspecified atom stereocenters. The fourth-order valence-electron chi connectivity index (χ4n) is 5.01. The second-order valence-electron chi connectivity index (χ2n) is 9.84. The summed E-state index contributed by atoms with van der Waals surface area (Å²) in [6.45, 7) is 2.13. The standard InChI is InChI=1S/C29H32FN3O5S/c30-28-25-15-23(17-31-13-14-37-19-21-7-3-1-4-8-21)11-12-24(25)16-26(38-20-22-9-5-2-6-10-22)29(28)33-18-27(34)32-39(33,35)36/h1-10,16,23,31H,11-15,17-20H2,(H,32,34). The zero-order chi connectivity index (χ0) is 27.2. The highest BCUT2D eigenvalue weighted by Crippen LogP contribution is 2.41. The van der Waals surface area contributed by atoms with Gasteiger partial charge in [-0.1, -0.05) is 60.7 Å². The van der Waals surface area contributed by atoms with E-state index in [0.717, 1.165) is 27.4 Å². The van der Waals surface area contributed by atoms with Gasteiger partial charge in [0, 0.05) is 6.54 Å². The Morgan fingerprint density at radius 2 is 1.72 bits per heavy atom. The molecule has 0 bridgehead atoms. The van der Waals surface area contributed by atoms with E-state index >= 15 is 4.39 Å². The van der Waals surface area contributed by atoms with Gasteiger partial charge < -0.3 is 14.8 Å². The summed E-state index contributed by atoms with van der Waals surface area (Å²) in [5, 5.41) is 3.40. The topological polar surface area (TPSA) is 97.0 Å². The minimum atomic E-state index is -4.21. The highest BCUT2D eigenvalue weighted by Gasteiger charge is 2.39. The van der Waals surface area contributed by atoms with E-state index in [2.05, 4.69) is 5.32 Å². The van der Waals surface area contributed by atoms with Crippen LogP contribution >= 0.6 is 0 Å². The summed E-state index contributed by atoms with van der Waals surface area (Å²) in [7, 11) is -4.21. The lowest BCUT2D eigenvalue weighted by Gasteiger charge is -2.29. The molecule has 5 rings (SSSR count). The molecule has 3 aromatic carbocycles. The molecule has 1 aliphatic carbocycles. The molecule has 0 radical (unpaired) electrons. The van der Waals surface area contributed by atoms with Crippen molar-refractivity contribution in [1.82, 2.24) is 10.0 Å². The number of carbonyl (C=O) groups excluding carboxylic acids is 1. The van der Waals surface area contributed by atoms with E-state index < -0.39 is 28.5 Å². The minimum absolute atomic E-state index is 0.113. The number of anilines is 1. The number of nitrogens with one attached hydrogen (secondary N) is 2. The number of fused-ring (bicyclic) bond motifs is 1. The largest absolute Gasteiger partial charge is 0.487 e. The van der Waals surface area contributed by atoms with Crippen LogP contribution in [0.25, 0.3) is 0 Å². The van der Waals surface area contributed by atoms with Gasteiger partial charge in [0.05, 0.1) is 13.2 Å². The predicted molar refractivity (Wildman–Crippen MR) is 146 cm³/mol. The first-order valence-electron chi connectivity index (χ1n) is 13.1. The molecule has 0 saturated carbocycles. The number of amides is 1. The summed E-state index contributed by atoms with van der Waals surface area (Å²) < 4.78 is 55.8. The Bertz CT molecular complexity index is 1400. The lowest BCUT2D eigenvalue weighted by atomic mass is 9.83. The fraction of sp³-hybridized carbons (Fsp3) is 0.345. The molecular weight excluding hydrogens is 521 g/mol. The Kier molecular flexibility index (Phi) is 8.44. The van der Waals surface area contributed by atoms with Crippen LogP contribution in [0.1, 0.15) is 28.7 Å². The van der Waals surface area contributed by atoms with E-state index in [1.807, 2.05) is 65.4 Å². The van der Waals surface area contributed by atoms with Crippen LogP contribution in [0.15, 0.2) is 66.7 Å². The normalized spacial score (nSPS) is 18.0. The van der Waals surface area contributed by atoms with Crippen molar-refractivity contribution >= 4 is 21.8 Å². The number of nitrogens with zero attached hydrogens (tertiary/aromatic N) is 1. The van der Waals surface area contributed by atoms with Crippen molar-refractivity contribution in [2.75, 3.05) is 30.5 Å². The summed E-state index contributed by atoms with van der Waals surface area (Å²) in [6, 6.07) is 21.1. The zero-order valence-electron chi connectivity index (χ0n) is 21.6. The maximum Gasteiger partial charge on any atom is 0.326 e. The van der Waals surface area contributed by atoms with Crippen molar-refractivity contribution in [2.45, 2.75) is 32.5 Å². The predicted octanol–water partition coefficient (Wildman–Crippen LogP) is 3.50. The van der Waals surface area contributed by atoms with Crippen LogP contribution < -0.4 is 19.1 Å². The van der Waals surface area contributed by atoms with E-state index in [4.69, 9.17) is 9.47 Å². The highest BCUT2D eigenvalue weighted by atomic mass is 32.2. The molecular formula is C29H32FN3O5S. The summed E-state index contributed by atoms with van der Waals surface area (Å²) >= 11 is 0. The number of hydrogen-bond acceptors (Lipinski definition) is 6. The molecule has 39 heavy (non-hydrogen) atoms. The van der Waals surface area contributed by atoms with Crippen LogP contribution in [0.2, 0.25) is 0 Å². The van der Waals surface area contributed by atoms with Gasteiger partial charge in [0.25, 0.3) is 5.91 Å². The second-order valence-corrected chi connectivity index (χ2v) is 11.4. The van der Waals surface area contributed by atoms with Crippen LogP contribution in [-0.2, 0) is 45.8 Å². The molecule has 1 amide bonds. The summed E-state index contributed by atoms with van der Waals surface area (Å²) in [4.78, 5) is 11.9. The first-order valence-corrected chi connectivity index (χ1v) is 14.5. The van der Waals surface area contributed by atoms with Gasteiger partial charge in [0.15, 0.2) is 5.82 Å². The van der Waals surface area contributed by atoms with Gasteiger partial charge in [-0.25, -0.2) is 13.4 Å². The van der Waals surface area contributed by atoms with Gasteiger partial charge in [-0.05, 0) is 60.0 Å². The van der Waals surface area contributed by atoms with Gasteiger partial charge in [0.2, 0.25) is 0 Å². The third-order valence-corrected chi connectivity index (χ3v) is 8.37. The molecule has 3 aromatic rings. The average Bonchev–Trinajstić information content (AvgIpc) is 3.21. The number of ether oxygens (including phenoxy) is 2. The van der Waals surface area contributed by atoms with Crippen molar-refractivity contribution in [3.05, 3.63) is 94.8 Å². The van der Waals surface area contributed by atoms with E-state index in [-0.39, 0.29) is 24.0 Å². The maximum atomic E-state index is 16.1. The molecule has 1 saturated heterocycles. The third kappa shape index (κ3) is 6.58. The number of rotatable bonds is 11. The van der Waals surface area contributed by atoms with Crippen LogP contribution in [0.3, 0.4) is 0 Å². The van der Waals surface area contributed by atoms with Crippen LogP contribution in [-0.4, -0.2) is 40.6 Å². The molecule has 1 fully saturated rings. The van der Waals surface area contributed by atoms with Gasteiger partial charge in [-0.2, -0.15) is 8.42 Å². The van der Waals surface area contributed by atoms with Crippen molar-refractivity contribution in [3.63, 3.8) is 0 Å². The van der Waals surface area contributed by atoms with E-state index in [0.29, 0.717) is 44.7 Å². The molecule has 1 aliphatic heterocycles. The van der Waals surface area contributed by atoms with Crippen molar-refractivity contribution in [2.24, 2.45) is 5.92 Å². The Balaban J connectivity index is 1.27. The molecule has 10 heteroatoms. The Hall–Kier alpha value is -3.47. The molecule has 0 aromatic heterocycles. The summed E-state index contributed by atoms with van der Waals surface area (Å²) in [5.74, 6) is -1.06. The van der Waals surface area contributed by atoms with Crippen LogP contribution in [0.5, 0.6) is 5.75 Å². The Morgan fingerprint density at radius 3 is 2.38 bits per heavy atom. The molecule has 1 heterocycles. The maximum absolute atomic E-state index is 16.1. The van der Waals surface area contributed by atoms with Crippen molar-refractivity contribution in [3.8, 4) is 5.75 Å². The van der Waals surface area contributed by atoms with E-state index in [9.17, 15) is 13.2 Å². The zero-order valence-corrected chi connectivity index (χ0v) is 22.4. The number of halogens is 1. The fourth-order valence-corrected chi connectivity index (χ4v) is 6.17. The number of benzene rings is 3. The molecule has 2 N–H and O–H groups in total. The monoisotopic (exact) mass is 553 g/mol. The lowest BCUT2D eigenvalue weighted by Crippen LogP contribution is -2.32. The number of carbonyl (C=O) groups is 1. The van der Waals surface area contributed by atoms with Gasteiger partial charge in [0.1, 0.15) is 24.6 Å². The van der Waals surface area contributed by atoms with Crippen molar-refractivity contribution in [1.29, 1.82) is 0 Å².